The van der Waals surface area contributed by atoms with Gasteiger partial charge in [0, 0.05) is 30.7 Å². The topological polar surface area (TPSA) is 48.4 Å². The lowest BCUT2D eigenvalue weighted by Gasteiger charge is -2.21. The fourth-order valence-corrected chi connectivity index (χ4v) is 2.42. The van der Waals surface area contributed by atoms with E-state index in [0.717, 1.165) is 36.9 Å². The molecular weight excluding hydrogens is 234 g/mol. The highest BCUT2D eigenvalue weighted by Crippen LogP contribution is 2.07. The van der Waals surface area contributed by atoms with Gasteiger partial charge in [0.1, 0.15) is 5.01 Å². The number of hydrogen-bond donors (Lipinski definition) is 2. The summed E-state index contributed by atoms with van der Waals surface area (Å²) in [6.07, 6.45) is -0.309. The van der Waals surface area contributed by atoms with Crippen molar-refractivity contribution in [1.82, 2.24) is 15.2 Å². The van der Waals surface area contributed by atoms with Crippen molar-refractivity contribution in [1.29, 1.82) is 0 Å². The first kappa shape index (κ1) is 14.6. The molecule has 1 atom stereocenters. The summed E-state index contributed by atoms with van der Waals surface area (Å²) in [7, 11) is 0. The van der Waals surface area contributed by atoms with E-state index in [9.17, 15) is 5.11 Å². The largest absolute Gasteiger partial charge is 0.390 e. The highest BCUT2D eigenvalue weighted by Gasteiger charge is 2.08. The standard InChI is InChI=1S/C12H23N3OS/c1-4-15(5-2)8-11(16)6-13-7-12-14-10(3)9-17-12/h9,11,13,16H,4-8H2,1-3H3. The molecule has 0 fully saturated rings. The molecule has 0 aliphatic rings. The zero-order chi connectivity index (χ0) is 12.7. The van der Waals surface area contributed by atoms with Crippen LogP contribution in [0.5, 0.6) is 0 Å². The molecule has 0 bridgehead atoms. The second-order valence-electron chi connectivity index (χ2n) is 4.15. The maximum absolute atomic E-state index is 9.84. The van der Waals surface area contributed by atoms with E-state index < -0.39 is 0 Å². The van der Waals surface area contributed by atoms with Crippen molar-refractivity contribution in [3.63, 3.8) is 0 Å². The molecule has 1 aromatic heterocycles. The minimum Gasteiger partial charge on any atom is -0.390 e. The van der Waals surface area contributed by atoms with E-state index in [0.29, 0.717) is 6.54 Å². The first-order valence-corrected chi connectivity index (χ1v) is 7.05. The molecule has 0 aliphatic heterocycles. The lowest BCUT2D eigenvalue weighted by molar-refractivity contribution is 0.116. The molecular formula is C12H23N3OS. The van der Waals surface area contributed by atoms with Gasteiger partial charge >= 0.3 is 0 Å². The second-order valence-corrected chi connectivity index (χ2v) is 5.10. The minimum atomic E-state index is -0.309. The Labute approximate surface area is 108 Å². The number of hydrogen-bond acceptors (Lipinski definition) is 5. The Kier molecular flexibility index (Phi) is 6.65. The normalized spacial score (nSPS) is 13.2. The van der Waals surface area contributed by atoms with Crippen LogP contribution < -0.4 is 5.32 Å². The Morgan fingerprint density at radius 1 is 1.47 bits per heavy atom. The number of rotatable bonds is 8. The molecule has 0 aromatic carbocycles. The SMILES string of the molecule is CCN(CC)CC(O)CNCc1nc(C)cs1. The molecule has 0 saturated heterocycles. The van der Waals surface area contributed by atoms with Gasteiger partial charge in [-0.3, -0.25) is 0 Å². The molecule has 0 spiro atoms. The fourth-order valence-electron chi connectivity index (χ4n) is 1.67. The van der Waals surface area contributed by atoms with Gasteiger partial charge in [-0.1, -0.05) is 13.8 Å². The van der Waals surface area contributed by atoms with Gasteiger partial charge in [0.2, 0.25) is 0 Å². The summed E-state index contributed by atoms with van der Waals surface area (Å²) in [6, 6.07) is 0. The number of aliphatic hydroxyl groups excluding tert-OH is 1. The number of nitrogens with zero attached hydrogens (tertiary/aromatic N) is 2. The Hall–Kier alpha value is -0.490. The Bertz CT molecular complexity index is 312. The van der Waals surface area contributed by atoms with Crippen LogP contribution in [-0.4, -0.2) is 47.3 Å². The van der Waals surface area contributed by atoms with Crippen LogP contribution in [0.2, 0.25) is 0 Å². The van der Waals surface area contributed by atoms with E-state index in [1.807, 2.05) is 12.3 Å². The molecule has 4 nitrogen and oxygen atoms in total. The summed E-state index contributed by atoms with van der Waals surface area (Å²) in [5.41, 5.74) is 1.07. The van der Waals surface area contributed by atoms with Crippen molar-refractivity contribution in [2.75, 3.05) is 26.2 Å². The maximum Gasteiger partial charge on any atom is 0.107 e. The van der Waals surface area contributed by atoms with Crippen LogP contribution in [0.15, 0.2) is 5.38 Å². The molecule has 0 radical (unpaired) electrons. The fraction of sp³-hybridized carbons (Fsp3) is 0.750. The number of aliphatic hydroxyl groups is 1. The molecule has 2 N–H and O–H groups in total. The van der Waals surface area contributed by atoms with Gasteiger partial charge in [-0.05, 0) is 20.0 Å². The third-order valence-electron chi connectivity index (χ3n) is 2.69. The van der Waals surface area contributed by atoms with E-state index in [2.05, 4.69) is 29.0 Å². The van der Waals surface area contributed by atoms with E-state index in [-0.39, 0.29) is 6.10 Å². The van der Waals surface area contributed by atoms with Gasteiger partial charge in [-0.15, -0.1) is 11.3 Å². The van der Waals surface area contributed by atoms with Crippen LogP contribution in [0.4, 0.5) is 0 Å². The average Bonchev–Trinajstić information content (AvgIpc) is 2.72. The Morgan fingerprint density at radius 2 is 2.18 bits per heavy atom. The summed E-state index contributed by atoms with van der Waals surface area (Å²) in [4.78, 5) is 6.59. The van der Waals surface area contributed by atoms with Crippen molar-refractivity contribution in [3.05, 3.63) is 16.1 Å². The monoisotopic (exact) mass is 257 g/mol. The number of aryl methyl sites for hydroxylation is 1. The molecule has 5 heteroatoms. The molecule has 98 valence electrons. The van der Waals surface area contributed by atoms with Crippen molar-refractivity contribution >= 4 is 11.3 Å². The zero-order valence-corrected chi connectivity index (χ0v) is 11.8. The zero-order valence-electron chi connectivity index (χ0n) is 10.9. The number of nitrogens with one attached hydrogen (secondary N) is 1. The van der Waals surface area contributed by atoms with Crippen LogP contribution in [0.25, 0.3) is 0 Å². The van der Waals surface area contributed by atoms with E-state index in [1.54, 1.807) is 11.3 Å². The summed E-state index contributed by atoms with van der Waals surface area (Å²) in [5.74, 6) is 0. The predicted molar refractivity (Wildman–Crippen MR) is 72.4 cm³/mol. The van der Waals surface area contributed by atoms with E-state index >= 15 is 0 Å². The van der Waals surface area contributed by atoms with Crippen LogP contribution in [0.1, 0.15) is 24.5 Å². The van der Waals surface area contributed by atoms with E-state index in [1.165, 1.54) is 0 Å². The van der Waals surface area contributed by atoms with Crippen molar-refractivity contribution < 1.29 is 5.11 Å². The molecule has 0 aliphatic carbocycles. The van der Waals surface area contributed by atoms with Gasteiger partial charge < -0.3 is 15.3 Å². The van der Waals surface area contributed by atoms with Gasteiger partial charge in [0.15, 0.2) is 0 Å². The summed E-state index contributed by atoms with van der Waals surface area (Å²) >= 11 is 1.66. The smallest absolute Gasteiger partial charge is 0.107 e. The highest BCUT2D eigenvalue weighted by atomic mass is 32.1. The minimum absolute atomic E-state index is 0.309. The second kappa shape index (κ2) is 7.76. The van der Waals surface area contributed by atoms with Crippen LogP contribution in [-0.2, 0) is 6.54 Å². The van der Waals surface area contributed by atoms with Gasteiger partial charge in [0.25, 0.3) is 0 Å². The van der Waals surface area contributed by atoms with E-state index in [4.69, 9.17) is 0 Å². The van der Waals surface area contributed by atoms with Gasteiger partial charge in [0.05, 0.1) is 6.10 Å². The van der Waals surface area contributed by atoms with Crippen LogP contribution >= 0.6 is 11.3 Å². The molecule has 1 unspecified atom stereocenters. The van der Waals surface area contributed by atoms with Crippen molar-refractivity contribution in [3.8, 4) is 0 Å². The van der Waals surface area contributed by atoms with Crippen LogP contribution in [0.3, 0.4) is 0 Å². The first-order chi connectivity index (χ1) is 8.15. The number of likely N-dealkylation sites (N-methyl/N-ethyl adjacent to an activating group) is 1. The van der Waals surface area contributed by atoms with Crippen molar-refractivity contribution in [2.45, 2.75) is 33.4 Å². The molecule has 1 aromatic rings. The number of thiazole rings is 1. The van der Waals surface area contributed by atoms with Crippen molar-refractivity contribution in [2.24, 2.45) is 0 Å². The average molecular weight is 257 g/mol. The quantitative estimate of drug-likeness (QED) is 0.736. The highest BCUT2D eigenvalue weighted by molar-refractivity contribution is 7.09. The van der Waals surface area contributed by atoms with Gasteiger partial charge in [-0.2, -0.15) is 0 Å². The molecule has 1 rings (SSSR count). The third kappa shape index (κ3) is 5.59. The lowest BCUT2D eigenvalue weighted by atomic mass is 10.3. The maximum atomic E-state index is 9.84. The predicted octanol–water partition coefficient (Wildman–Crippen LogP) is 1.24. The first-order valence-electron chi connectivity index (χ1n) is 6.17. The Balaban J connectivity index is 2.17. The number of aromatic nitrogens is 1. The molecule has 1 heterocycles. The molecule has 17 heavy (non-hydrogen) atoms. The molecule has 0 saturated carbocycles. The summed E-state index contributed by atoms with van der Waals surface area (Å²) in [5, 5.41) is 16.2. The lowest BCUT2D eigenvalue weighted by Crippen LogP contribution is -2.38. The molecule has 0 amide bonds. The van der Waals surface area contributed by atoms with Crippen LogP contribution in [0, 0.1) is 6.92 Å². The van der Waals surface area contributed by atoms with Gasteiger partial charge in [-0.25, -0.2) is 4.98 Å². The third-order valence-corrected chi connectivity index (χ3v) is 3.65. The Morgan fingerprint density at radius 3 is 2.71 bits per heavy atom. The summed E-state index contributed by atoms with van der Waals surface area (Å²) in [6.45, 7) is 10.3. The summed E-state index contributed by atoms with van der Waals surface area (Å²) < 4.78 is 0.